The lowest BCUT2D eigenvalue weighted by Crippen LogP contribution is -2.44. The molecule has 0 bridgehead atoms. The standard InChI is InChI=1S/C11H16N4O3/c12-11(14-17)9-1-2-13-5-10(9)15-3-4-18-8(6-15)7-16/h1-2,5,8,16-17H,3-4,6-7H2,(H2,12,14). The van der Waals surface area contributed by atoms with Gasteiger partial charge in [0.15, 0.2) is 5.84 Å². The molecule has 18 heavy (non-hydrogen) atoms. The maximum atomic E-state index is 9.12. The summed E-state index contributed by atoms with van der Waals surface area (Å²) in [5.41, 5.74) is 7.02. The zero-order valence-corrected chi connectivity index (χ0v) is 9.86. The summed E-state index contributed by atoms with van der Waals surface area (Å²) in [6.45, 7) is 1.72. The first-order valence-electron chi connectivity index (χ1n) is 5.65. The second-order valence-electron chi connectivity index (χ2n) is 4.00. The van der Waals surface area contributed by atoms with Gasteiger partial charge in [-0.1, -0.05) is 5.16 Å². The minimum atomic E-state index is -0.223. The lowest BCUT2D eigenvalue weighted by Gasteiger charge is -2.34. The third-order valence-corrected chi connectivity index (χ3v) is 2.87. The van der Waals surface area contributed by atoms with Crippen molar-refractivity contribution in [3.8, 4) is 0 Å². The van der Waals surface area contributed by atoms with Crippen LogP contribution >= 0.6 is 0 Å². The number of oxime groups is 1. The Labute approximate surface area is 104 Å². The van der Waals surface area contributed by atoms with Gasteiger partial charge in [-0.25, -0.2) is 0 Å². The van der Waals surface area contributed by atoms with E-state index in [0.717, 1.165) is 5.69 Å². The molecule has 0 radical (unpaired) electrons. The van der Waals surface area contributed by atoms with Gasteiger partial charge in [0.05, 0.1) is 31.2 Å². The molecular weight excluding hydrogens is 236 g/mol. The number of aliphatic hydroxyl groups is 1. The minimum Gasteiger partial charge on any atom is -0.409 e. The molecule has 1 aliphatic rings. The molecule has 0 saturated carbocycles. The number of nitrogens with two attached hydrogens (primary N) is 1. The summed E-state index contributed by atoms with van der Waals surface area (Å²) >= 11 is 0. The average molecular weight is 252 g/mol. The van der Waals surface area contributed by atoms with Gasteiger partial charge >= 0.3 is 0 Å². The smallest absolute Gasteiger partial charge is 0.172 e. The first-order chi connectivity index (χ1) is 8.76. The van der Waals surface area contributed by atoms with Crippen LogP contribution in [-0.2, 0) is 4.74 Å². The highest BCUT2D eigenvalue weighted by atomic mass is 16.5. The third-order valence-electron chi connectivity index (χ3n) is 2.87. The Morgan fingerprint density at radius 2 is 2.50 bits per heavy atom. The molecule has 1 atom stereocenters. The average Bonchev–Trinajstić information content (AvgIpc) is 2.46. The Morgan fingerprint density at radius 3 is 3.22 bits per heavy atom. The lowest BCUT2D eigenvalue weighted by molar-refractivity contribution is 0.00354. The number of ether oxygens (including phenoxy) is 1. The third kappa shape index (κ3) is 2.52. The van der Waals surface area contributed by atoms with Crippen molar-refractivity contribution in [2.75, 3.05) is 31.2 Å². The molecule has 0 amide bonds. The molecule has 2 rings (SSSR count). The number of rotatable bonds is 3. The Hall–Kier alpha value is -1.86. The summed E-state index contributed by atoms with van der Waals surface area (Å²) in [5.74, 6) is 0.0411. The number of aromatic nitrogens is 1. The first kappa shape index (κ1) is 12.6. The zero-order chi connectivity index (χ0) is 13.0. The molecule has 7 nitrogen and oxygen atoms in total. The van der Waals surface area contributed by atoms with E-state index in [1.165, 1.54) is 0 Å². The normalized spacial score (nSPS) is 21.1. The molecule has 1 aliphatic heterocycles. The molecule has 0 aromatic carbocycles. The summed E-state index contributed by atoms with van der Waals surface area (Å²) < 4.78 is 5.38. The van der Waals surface area contributed by atoms with Crippen molar-refractivity contribution in [3.05, 3.63) is 24.0 Å². The van der Waals surface area contributed by atoms with E-state index in [4.69, 9.17) is 20.8 Å². The summed E-state index contributed by atoms with van der Waals surface area (Å²) in [5, 5.41) is 20.9. The molecule has 1 unspecified atom stereocenters. The topological polar surface area (TPSA) is 104 Å². The quantitative estimate of drug-likeness (QED) is 0.286. The van der Waals surface area contributed by atoms with Gasteiger partial charge in [0, 0.05) is 24.8 Å². The van der Waals surface area contributed by atoms with Crippen LogP contribution in [0.25, 0.3) is 0 Å². The molecule has 1 aromatic heterocycles. The predicted octanol–water partition coefficient (Wildman–Crippen LogP) is -0.626. The van der Waals surface area contributed by atoms with Crippen molar-refractivity contribution in [2.24, 2.45) is 10.9 Å². The van der Waals surface area contributed by atoms with E-state index >= 15 is 0 Å². The van der Waals surface area contributed by atoms with Crippen LogP contribution in [0.5, 0.6) is 0 Å². The highest BCUT2D eigenvalue weighted by Gasteiger charge is 2.22. The fraction of sp³-hybridized carbons (Fsp3) is 0.455. The molecule has 2 heterocycles. The molecule has 98 valence electrons. The van der Waals surface area contributed by atoms with Crippen molar-refractivity contribution in [1.82, 2.24) is 4.98 Å². The van der Waals surface area contributed by atoms with Gasteiger partial charge in [0.2, 0.25) is 0 Å². The minimum absolute atomic E-state index is 0.0321. The van der Waals surface area contributed by atoms with Gasteiger partial charge in [0.1, 0.15) is 0 Å². The van der Waals surface area contributed by atoms with Gasteiger partial charge in [-0.2, -0.15) is 0 Å². The summed E-state index contributed by atoms with van der Waals surface area (Å²) in [4.78, 5) is 6.06. The van der Waals surface area contributed by atoms with Gasteiger partial charge in [-0.3, -0.25) is 4.98 Å². The Kier molecular flexibility index (Phi) is 3.96. The van der Waals surface area contributed by atoms with E-state index in [1.54, 1.807) is 18.5 Å². The predicted molar refractivity (Wildman–Crippen MR) is 65.8 cm³/mol. The second kappa shape index (κ2) is 5.65. The Balaban J connectivity index is 2.27. The van der Waals surface area contributed by atoms with Crippen LogP contribution < -0.4 is 10.6 Å². The van der Waals surface area contributed by atoms with Crippen LogP contribution in [0.15, 0.2) is 23.6 Å². The van der Waals surface area contributed by atoms with E-state index < -0.39 is 0 Å². The van der Waals surface area contributed by atoms with Crippen LogP contribution in [0.3, 0.4) is 0 Å². The monoisotopic (exact) mass is 252 g/mol. The van der Waals surface area contributed by atoms with Crippen molar-refractivity contribution in [2.45, 2.75) is 6.10 Å². The van der Waals surface area contributed by atoms with Crippen molar-refractivity contribution >= 4 is 11.5 Å². The number of hydrogen-bond acceptors (Lipinski definition) is 6. The number of amidine groups is 1. The fourth-order valence-electron chi connectivity index (χ4n) is 1.96. The number of aliphatic hydroxyl groups excluding tert-OH is 1. The Bertz CT molecular complexity index is 438. The molecule has 1 aromatic rings. The highest BCUT2D eigenvalue weighted by Crippen LogP contribution is 2.21. The summed E-state index contributed by atoms with van der Waals surface area (Å²) in [7, 11) is 0. The number of nitrogens with zero attached hydrogens (tertiary/aromatic N) is 3. The van der Waals surface area contributed by atoms with Gasteiger partial charge in [-0.05, 0) is 6.07 Å². The Morgan fingerprint density at radius 1 is 1.67 bits per heavy atom. The SMILES string of the molecule is N/C(=N/O)c1ccncc1N1CCOC(CO)C1. The first-order valence-corrected chi connectivity index (χ1v) is 5.65. The molecular formula is C11H16N4O3. The maximum absolute atomic E-state index is 9.12. The molecule has 1 saturated heterocycles. The number of anilines is 1. The van der Waals surface area contributed by atoms with E-state index in [2.05, 4.69) is 10.1 Å². The number of morpholine rings is 1. The number of hydrogen-bond donors (Lipinski definition) is 3. The molecule has 0 spiro atoms. The van der Waals surface area contributed by atoms with Crippen LogP contribution in [0.4, 0.5) is 5.69 Å². The molecule has 0 aliphatic carbocycles. The van der Waals surface area contributed by atoms with Crippen LogP contribution in [0.2, 0.25) is 0 Å². The zero-order valence-electron chi connectivity index (χ0n) is 9.86. The van der Waals surface area contributed by atoms with Gasteiger partial charge in [0.25, 0.3) is 0 Å². The van der Waals surface area contributed by atoms with E-state index in [0.29, 0.717) is 25.3 Å². The van der Waals surface area contributed by atoms with E-state index in [9.17, 15) is 0 Å². The van der Waals surface area contributed by atoms with E-state index in [-0.39, 0.29) is 18.5 Å². The fourth-order valence-corrected chi connectivity index (χ4v) is 1.96. The maximum Gasteiger partial charge on any atom is 0.172 e. The van der Waals surface area contributed by atoms with Crippen LogP contribution in [-0.4, -0.2) is 53.5 Å². The number of pyridine rings is 1. The highest BCUT2D eigenvalue weighted by molar-refractivity contribution is 6.02. The summed E-state index contributed by atoms with van der Waals surface area (Å²) in [6, 6.07) is 1.69. The lowest BCUT2D eigenvalue weighted by atomic mass is 10.1. The van der Waals surface area contributed by atoms with Crippen molar-refractivity contribution in [3.63, 3.8) is 0 Å². The van der Waals surface area contributed by atoms with Crippen LogP contribution in [0.1, 0.15) is 5.56 Å². The second-order valence-corrected chi connectivity index (χ2v) is 4.00. The van der Waals surface area contributed by atoms with E-state index in [1.807, 2.05) is 4.90 Å². The van der Waals surface area contributed by atoms with Crippen molar-refractivity contribution < 1.29 is 15.1 Å². The molecule has 4 N–H and O–H groups in total. The molecule has 1 fully saturated rings. The summed E-state index contributed by atoms with van der Waals surface area (Å²) in [6.07, 6.45) is 3.02. The van der Waals surface area contributed by atoms with Gasteiger partial charge in [-0.15, -0.1) is 0 Å². The molecule has 7 heteroatoms. The largest absolute Gasteiger partial charge is 0.409 e. The van der Waals surface area contributed by atoms with Crippen LogP contribution in [0, 0.1) is 0 Å². The van der Waals surface area contributed by atoms with Gasteiger partial charge < -0.3 is 25.7 Å². The van der Waals surface area contributed by atoms with Crippen molar-refractivity contribution in [1.29, 1.82) is 0 Å².